The Hall–Kier alpha value is -3.33. The number of carbonyl (C=O) groups excluding carboxylic acids is 2. The Labute approximate surface area is 436 Å². The van der Waals surface area contributed by atoms with E-state index >= 15 is 0 Å². The molecule has 0 radical (unpaired) electrons. The van der Waals surface area contributed by atoms with Gasteiger partial charge in [-0.2, -0.15) is 0 Å². The molecule has 0 aromatic carbocycles. The number of quaternary nitrogens is 1. The van der Waals surface area contributed by atoms with Crippen LogP contribution >= 0.6 is 7.82 Å². The first-order valence-electron chi connectivity index (χ1n) is 28.2. The zero-order chi connectivity index (χ0) is 52.2. The van der Waals surface area contributed by atoms with E-state index in [-0.39, 0.29) is 32.0 Å². The molecule has 0 saturated carbocycles. The van der Waals surface area contributed by atoms with Crippen molar-refractivity contribution in [3.05, 3.63) is 109 Å². The normalized spacial score (nSPS) is 14.6. The maximum absolute atomic E-state index is 13.5. The number of hydrogen-bond donors (Lipinski definition) is 2. The molecule has 0 heterocycles. The van der Waals surface area contributed by atoms with Gasteiger partial charge in [-0.1, -0.05) is 201 Å². The Bertz CT molecular complexity index is 1580. The van der Waals surface area contributed by atoms with E-state index in [0.29, 0.717) is 23.9 Å². The number of unbranched alkanes of at least 4 members (excludes halogenated alkanes) is 17. The Balaban J connectivity index is 5.48. The van der Waals surface area contributed by atoms with Gasteiger partial charge in [-0.05, 0) is 109 Å². The minimum absolute atomic E-state index is 0.0210. The van der Waals surface area contributed by atoms with Gasteiger partial charge in [0.15, 0.2) is 0 Å². The summed E-state index contributed by atoms with van der Waals surface area (Å²) in [5.74, 6) is -0.609. The molecule has 1 amide bonds. The van der Waals surface area contributed by atoms with E-state index < -0.39 is 25.9 Å². The first-order chi connectivity index (χ1) is 34.4. The molecule has 0 fully saturated rings. The number of esters is 1. The third kappa shape index (κ3) is 51.4. The molecular formula is C61H106N2O7P+. The van der Waals surface area contributed by atoms with Gasteiger partial charge in [-0.3, -0.25) is 18.6 Å². The fraction of sp³-hybridized carbons (Fsp3) is 0.672. The van der Waals surface area contributed by atoms with E-state index in [9.17, 15) is 19.0 Å². The Morgan fingerprint density at radius 1 is 0.507 bits per heavy atom. The molecule has 3 unspecified atom stereocenters. The highest BCUT2D eigenvalue weighted by molar-refractivity contribution is 7.47. The fourth-order valence-corrected chi connectivity index (χ4v) is 8.07. The van der Waals surface area contributed by atoms with Crippen molar-refractivity contribution in [1.29, 1.82) is 0 Å². The Morgan fingerprint density at radius 2 is 0.915 bits per heavy atom. The first kappa shape index (κ1) is 67.7. The van der Waals surface area contributed by atoms with E-state index in [0.717, 1.165) is 96.3 Å². The van der Waals surface area contributed by atoms with Gasteiger partial charge < -0.3 is 19.4 Å². The summed E-state index contributed by atoms with van der Waals surface area (Å²) in [6.45, 7) is 6.78. The zero-order valence-corrected chi connectivity index (χ0v) is 47.1. The van der Waals surface area contributed by atoms with Crippen molar-refractivity contribution in [2.45, 2.75) is 226 Å². The monoisotopic (exact) mass is 1010 g/mol. The molecule has 0 rings (SSSR count). The summed E-state index contributed by atoms with van der Waals surface area (Å²) in [6.07, 6.45) is 68.1. The lowest BCUT2D eigenvalue weighted by atomic mass is 10.1. The van der Waals surface area contributed by atoms with Crippen LogP contribution in [0.5, 0.6) is 0 Å². The van der Waals surface area contributed by atoms with Gasteiger partial charge in [-0.25, -0.2) is 4.57 Å². The maximum atomic E-state index is 13.5. The van der Waals surface area contributed by atoms with Crippen molar-refractivity contribution >= 4 is 19.7 Å². The third-order valence-corrected chi connectivity index (χ3v) is 12.7. The zero-order valence-electron chi connectivity index (χ0n) is 46.2. The summed E-state index contributed by atoms with van der Waals surface area (Å²) in [5.41, 5.74) is 0. The summed E-state index contributed by atoms with van der Waals surface area (Å²) >= 11 is 0. The highest BCUT2D eigenvalue weighted by Gasteiger charge is 2.30. The molecule has 3 atom stereocenters. The van der Waals surface area contributed by atoms with Gasteiger partial charge in [-0.15, -0.1) is 0 Å². The maximum Gasteiger partial charge on any atom is 0.472 e. The molecule has 9 nitrogen and oxygen atoms in total. The molecule has 0 spiro atoms. The number of hydrogen-bond acceptors (Lipinski definition) is 6. The molecule has 0 bridgehead atoms. The van der Waals surface area contributed by atoms with Crippen LogP contribution in [0.3, 0.4) is 0 Å². The van der Waals surface area contributed by atoms with Gasteiger partial charge >= 0.3 is 13.8 Å². The number of carbonyl (C=O) groups is 2. The van der Waals surface area contributed by atoms with Gasteiger partial charge in [0, 0.05) is 12.8 Å². The highest BCUT2D eigenvalue weighted by atomic mass is 31.2. The van der Waals surface area contributed by atoms with Gasteiger partial charge in [0.05, 0.1) is 33.8 Å². The second-order valence-electron chi connectivity index (χ2n) is 19.7. The second-order valence-corrected chi connectivity index (χ2v) is 21.2. The predicted octanol–water partition coefficient (Wildman–Crippen LogP) is 17.0. The first-order valence-corrected chi connectivity index (χ1v) is 29.7. The van der Waals surface area contributed by atoms with Crippen molar-refractivity contribution in [3.8, 4) is 0 Å². The minimum atomic E-state index is -4.47. The largest absolute Gasteiger partial charge is 0.472 e. The van der Waals surface area contributed by atoms with Crippen LogP contribution in [-0.4, -0.2) is 74.3 Å². The van der Waals surface area contributed by atoms with E-state index in [1.807, 2.05) is 33.3 Å². The van der Waals surface area contributed by atoms with Crippen LogP contribution in [0.25, 0.3) is 0 Å². The third-order valence-electron chi connectivity index (χ3n) is 11.7. The van der Waals surface area contributed by atoms with Crippen LogP contribution in [0.2, 0.25) is 0 Å². The molecule has 0 aromatic rings. The quantitative estimate of drug-likeness (QED) is 0.0205. The van der Waals surface area contributed by atoms with E-state index in [4.69, 9.17) is 13.8 Å². The number of phosphoric acid groups is 1. The van der Waals surface area contributed by atoms with Crippen molar-refractivity contribution in [2.24, 2.45) is 0 Å². The molecule has 0 aliphatic rings. The summed E-state index contributed by atoms with van der Waals surface area (Å²) in [4.78, 5) is 37.5. The molecule has 0 aliphatic heterocycles. The number of nitrogens with zero attached hydrogens (tertiary/aromatic N) is 1. The number of amides is 1. The average Bonchev–Trinajstić information content (AvgIpc) is 3.33. The van der Waals surface area contributed by atoms with E-state index in [2.05, 4.69) is 123 Å². The molecule has 0 aromatic heterocycles. The molecule has 2 N–H and O–H groups in total. The Morgan fingerprint density at radius 3 is 1.41 bits per heavy atom. The Kier molecular flexibility index (Phi) is 47.9. The molecule has 0 aliphatic carbocycles. The topological polar surface area (TPSA) is 111 Å². The second kappa shape index (κ2) is 50.2. The lowest BCUT2D eigenvalue weighted by molar-refractivity contribution is -0.870. The average molecular weight is 1010 g/mol. The molecule has 406 valence electrons. The van der Waals surface area contributed by atoms with Gasteiger partial charge in [0.2, 0.25) is 5.91 Å². The van der Waals surface area contributed by atoms with Crippen LogP contribution < -0.4 is 5.32 Å². The smallest absolute Gasteiger partial charge is 0.456 e. The number of allylic oxidation sites excluding steroid dienone is 17. The molecule has 0 saturated heterocycles. The highest BCUT2D eigenvalue weighted by Crippen LogP contribution is 2.43. The molecular weight excluding hydrogens is 904 g/mol. The van der Waals surface area contributed by atoms with Crippen LogP contribution in [0.1, 0.15) is 213 Å². The van der Waals surface area contributed by atoms with Crippen molar-refractivity contribution in [1.82, 2.24) is 5.32 Å². The number of likely N-dealkylation sites (N-methyl/N-ethyl adjacent to an activating group) is 1. The number of phosphoric ester groups is 1. The fourth-order valence-electron chi connectivity index (χ4n) is 7.33. The predicted molar refractivity (Wildman–Crippen MR) is 304 cm³/mol. The van der Waals surface area contributed by atoms with Gasteiger partial charge in [0.1, 0.15) is 19.3 Å². The summed E-state index contributed by atoms with van der Waals surface area (Å²) in [7, 11) is 1.43. The van der Waals surface area contributed by atoms with Crippen molar-refractivity contribution in [3.63, 3.8) is 0 Å². The summed E-state index contributed by atoms with van der Waals surface area (Å²) in [6, 6.07) is -0.889. The van der Waals surface area contributed by atoms with E-state index in [1.165, 1.54) is 70.6 Å². The van der Waals surface area contributed by atoms with Crippen LogP contribution in [0.15, 0.2) is 109 Å². The number of rotatable bonds is 49. The minimum Gasteiger partial charge on any atom is -0.456 e. The number of ether oxygens (including phenoxy) is 1. The summed E-state index contributed by atoms with van der Waals surface area (Å²) in [5, 5.41) is 3.01. The van der Waals surface area contributed by atoms with Crippen molar-refractivity contribution < 1.29 is 37.3 Å². The van der Waals surface area contributed by atoms with Crippen LogP contribution in [0, 0.1) is 0 Å². The lowest BCUT2D eigenvalue weighted by Crippen LogP contribution is -2.47. The van der Waals surface area contributed by atoms with E-state index in [1.54, 1.807) is 0 Å². The van der Waals surface area contributed by atoms with Gasteiger partial charge in [0.25, 0.3) is 0 Å². The number of nitrogens with one attached hydrogen (secondary N) is 1. The lowest BCUT2D eigenvalue weighted by Gasteiger charge is -2.27. The van der Waals surface area contributed by atoms with Crippen LogP contribution in [-0.2, 0) is 27.9 Å². The SMILES string of the molecule is CC/C=C\C/C=C\C/C=C\C/C=C\C/C=C\CCCC(=O)OC(/C=C/CCCCCCCCCCC)C(COP(=O)(O)OCC[N+](C)(C)C)NC(=O)CCCCCC/C=C\C/C=C\C/C=C\CCCCC. The van der Waals surface area contributed by atoms with Crippen molar-refractivity contribution in [2.75, 3.05) is 40.9 Å². The molecule has 71 heavy (non-hydrogen) atoms. The van der Waals surface area contributed by atoms with Crippen LogP contribution in [0.4, 0.5) is 0 Å². The molecule has 10 heteroatoms. The standard InChI is InChI=1S/C61H105N2O7P/c1-7-10-13-16-19-22-25-27-29-31-33-35-38-41-44-47-50-53-60(64)62-58(57-69-71(66,67)68-56-55-63(4,5)6)59(52-49-46-43-40-37-24-21-18-15-12-9-3)70-61(65)54-51-48-45-42-39-36-34-32-30-28-26-23-20-17-14-11-8-2/h11,14,19-20,22-23,27-30,33-36,42,45,49,52,58-59H,7-10,12-13,15-18,21,24-26,31-32,37-41,43-44,46-48,50-51,53-57H2,1-6H3,(H-,62,64,66,67)/p+1/b14-11-,22-19-,23-20-,29-27-,30-28-,35-33-,36-34-,45-42-,52-49+. The summed E-state index contributed by atoms with van der Waals surface area (Å²) < 4.78 is 30.5.